The Morgan fingerprint density at radius 2 is 1.07 bits per heavy atom. The number of fused-ring (bicyclic) bond motifs is 6. The predicted molar refractivity (Wildman–Crippen MR) is 134 cm³/mol. The molecule has 6 rings (SSSR count). The van der Waals surface area contributed by atoms with E-state index in [0.29, 0.717) is 17.2 Å². The number of aromatic amines is 2. The Labute approximate surface area is 177 Å². The van der Waals surface area contributed by atoms with Crippen molar-refractivity contribution in [1.82, 2.24) is 19.9 Å². The van der Waals surface area contributed by atoms with Crippen LogP contribution in [0.15, 0.2) is 60.7 Å². The van der Waals surface area contributed by atoms with Gasteiger partial charge in [0.1, 0.15) is 11.1 Å². The number of nitrogens with one attached hydrogen (secondary N) is 2. The fourth-order valence-corrected chi connectivity index (χ4v) is 5.17. The number of benzene rings is 4. The zero-order valence-electron chi connectivity index (χ0n) is 16.7. The highest BCUT2D eigenvalue weighted by molar-refractivity contribution is 7.45. The molecule has 30 heavy (non-hydrogen) atoms. The summed E-state index contributed by atoms with van der Waals surface area (Å²) in [5.74, 6) is 0. The molecule has 2 atom stereocenters. The lowest BCUT2D eigenvalue weighted by molar-refractivity contribution is 1.44. The summed E-state index contributed by atoms with van der Waals surface area (Å²) in [6.45, 7) is 4.30. The van der Waals surface area contributed by atoms with Crippen LogP contribution in [0.3, 0.4) is 0 Å². The van der Waals surface area contributed by atoms with Crippen molar-refractivity contribution in [3.05, 3.63) is 60.7 Å². The fourth-order valence-electron chi connectivity index (χ4n) is 4.20. The quantitative estimate of drug-likeness (QED) is 0.378. The summed E-state index contributed by atoms with van der Waals surface area (Å²) in [4.78, 5) is 16.4. The molecule has 4 nitrogen and oxygen atoms in total. The lowest BCUT2D eigenvalue weighted by atomic mass is 9.98. The summed E-state index contributed by atoms with van der Waals surface area (Å²) < 4.78 is 0. The molecule has 0 aliphatic heterocycles. The largest absolute Gasteiger partial charge is 0.338 e. The number of hydrogen-bond acceptors (Lipinski definition) is 2. The number of nitrogens with zero attached hydrogens (tertiary/aromatic N) is 2. The highest BCUT2D eigenvalue weighted by Crippen LogP contribution is 2.32. The van der Waals surface area contributed by atoms with E-state index in [-0.39, 0.29) is 0 Å². The minimum Gasteiger partial charge on any atom is -0.338 e. The van der Waals surface area contributed by atoms with Crippen LogP contribution >= 0.6 is 17.2 Å². The number of hydrogen-bond donors (Lipinski definition) is 2. The normalized spacial score (nSPS) is 12.7. The minimum atomic E-state index is 0.671. The first-order valence-electron chi connectivity index (χ1n) is 9.94. The van der Waals surface area contributed by atoms with Crippen molar-refractivity contribution in [2.45, 2.75) is 0 Å². The first kappa shape index (κ1) is 18.0. The second kappa shape index (κ2) is 6.87. The van der Waals surface area contributed by atoms with E-state index in [1.807, 2.05) is 0 Å². The molecule has 0 aliphatic carbocycles. The molecule has 2 aromatic heterocycles. The van der Waals surface area contributed by atoms with Gasteiger partial charge in [-0.3, -0.25) is 0 Å². The van der Waals surface area contributed by atoms with Gasteiger partial charge in [0, 0.05) is 10.8 Å². The maximum absolute atomic E-state index is 4.79. The molecule has 0 saturated heterocycles. The Hall–Kier alpha value is -2.80. The molecule has 4 aromatic carbocycles. The Bertz CT molecular complexity index is 1460. The van der Waals surface area contributed by atoms with Gasteiger partial charge in [0.15, 0.2) is 0 Å². The van der Waals surface area contributed by atoms with E-state index in [4.69, 9.17) is 9.97 Å². The maximum Gasteiger partial charge on any atom is 0.126 e. The average Bonchev–Trinajstić information content (AvgIpc) is 3.42. The van der Waals surface area contributed by atoms with Crippen molar-refractivity contribution in [3.8, 4) is 11.1 Å². The number of aromatic nitrogens is 4. The topological polar surface area (TPSA) is 57.4 Å². The molecule has 0 amide bonds. The van der Waals surface area contributed by atoms with E-state index in [1.54, 1.807) is 0 Å². The second-order valence-corrected chi connectivity index (χ2v) is 9.41. The summed E-state index contributed by atoms with van der Waals surface area (Å²) in [7, 11) is 1.34. The molecular formula is C24H20N4P2. The summed E-state index contributed by atoms with van der Waals surface area (Å²) in [6.07, 6.45) is 0. The van der Waals surface area contributed by atoms with E-state index in [1.165, 1.54) is 32.7 Å². The first-order chi connectivity index (χ1) is 14.7. The highest BCUT2D eigenvalue weighted by atomic mass is 31.1. The van der Waals surface area contributed by atoms with Crippen LogP contribution in [0.5, 0.6) is 0 Å². The Kier molecular flexibility index (Phi) is 4.13. The highest BCUT2D eigenvalue weighted by Gasteiger charge is 2.10. The van der Waals surface area contributed by atoms with E-state index in [9.17, 15) is 0 Å². The van der Waals surface area contributed by atoms with Crippen LogP contribution in [0.1, 0.15) is 0 Å². The summed E-state index contributed by atoms with van der Waals surface area (Å²) in [5, 5.41) is 4.83. The van der Waals surface area contributed by atoms with Gasteiger partial charge in [-0.25, -0.2) is 9.97 Å². The van der Waals surface area contributed by atoms with Gasteiger partial charge < -0.3 is 9.97 Å². The third kappa shape index (κ3) is 2.75. The molecule has 2 heterocycles. The molecule has 0 fully saturated rings. The Balaban J connectivity index is 1.50. The van der Waals surface area contributed by atoms with Gasteiger partial charge in [0.25, 0.3) is 0 Å². The number of H-pyrrole nitrogens is 2. The van der Waals surface area contributed by atoms with Gasteiger partial charge >= 0.3 is 0 Å². The molecule has 2 N–H and O–H groups in total. The van der Waals surface area contributed by atoms with Crippen LogP contribution in [-0.2, 0) is 0 Å². The monoisotopic (exact) mass is 426 g/mol. The van der Waals surface area contributed by atoms with Crippen LogP contribution < -0.4 is 11.1 Å². The lowest BCUT2D eigenvalue weighted by Crippen LogP contribution is -1.95. The molecule has 2 unspecified atom stereocenters. The predicted octanol–water partition coefficient (Wildman–Crippen LogP) is 5.28. The minimum absolute atomic E-state index is 0.671. The molecular weight excluding hydrogens is 406 g/mol. The van der Waals surface area contributed by atoms with Crippen molar-refractivity contribution < 1.29 is 0 Å². The fraction of sp³-hybridized carbons (Fsp3) is 0.0833. The van der Waals surface area contributed by atoms with Crippen LogP contribution in [-0.4, -0.2) is 33.3 Å². The first-order valence-corrected chi connectivity index (χ1v) is 12.9. The standard InChI is InChI=1S/C24H20N4P2/c1-29-23-25-19-9-5-15-11-13(3-7-17(15)21(19)27-23)14-4-8-18-16(12-14)6-10-20-22(18)28-24(26-20)30-2/h3-12,29-30H,1-2H3,(H,25,27)(H,26,28). The van der Waals surface area contributed by atoms with Gasteiger partial charge in [-0.2, -0.15) is 0 Å². The molecule has 0 bridgehead atoms. The van der Waals surface area contributed by atoms with Gasteiger partial charge in [-0.1, -0.05) is 53.6 Å². The summed E-state index contributed by atoms with van der Waals surface area (Å²) in [5.41, 5.74) is 8.91. The molecule has 6 aromatic rings. The Morgan fingerprint density at radius 3 is 1.50 bits per heavy atom. The SMILES string of the molecule is CPc1nc2c(ccc3cc(-c4ccc5c(ccc6[nH]c(PC)nc65)c4)ccc32)[nH]1. The molecule has 0 radical (unpaired) electrons. The van der Waals surface area contributed by atoms with Gasteiger partial charge in [-0.15, -0.1) is 0 Å². The van der Waals surface area contributed by atoms with Gasteiger partial charge in [-0.05, 0) is 59.5 Å². The maximum atomic E-state index is 4.79. The molecule has 0 saturated carbocycles. The van der Waals surface area contributed by atoms with E-state index in [2.05, 4.69) is 84.0 Å². The van der Waals surface area contributed by atoms with Crippen LogP contribution in [0, 0.1) is 0 Å². The van der Waals surface area contributed by atoms with Crippen molar-refractivity contribution in [2.24, 2.45) is 0 Å². The number of rotatable bonds is 3. The van der Waals surface area contributed by atoms with Crippen molar-refractivity contribution >= 4 is 71.9 Å². The second-order valence-electron chi connectivity index (χ2n) is 7.47. The van der Waals surface area contributed by atoms with Crippen LogP contribution in [0.4, 0.5) is 0 Å². The third-order valence-corrected chi connectivity index (χ3v) is 7.16. The van der Waals surface area contributed by atoms with Gasteiger partial charge in [0.2, 0.25) is 0 Å². The zero-order valence-corrected chi connectivity index (χ0v) is 18.7. The number of imidazole rings is 2. The van der Waals surface area contributed by atoms with Crippen LogP contribution in [0.25, 0.3) is 54.7 Å². The van der Waals surface area contributed by atoms with E-state index < -0.39 is 0 Å². The van der Waals surface area contributed by atoms with Gasteiger partial charge in [0.05, 0.1) is 22.1 Å². The molecule has 0 aliphatic rings. The average molecular weight is 426 g/mol. The van der Waals surface area contributed by atoms with E-state index in [0.717, 1.165) is 33.2 Å². The zero-order chi connectivity index (χ0) is 20.2. The smallest absolute Gasteiger partial charge is 0.126 e. The summed E-state index contributed by atoms with van der Waals surface area (Å²) in [6, 6.07) is 22.0. The third-order valence-electron chi connectivity index (χ3n) is 5.74. The van der Waals surface area contributed by atoms with Crippen molar-refractivity contribution in [2.75, 3.05) is 13.3 Å². The lowest BCUT2D eigenvalue weighted by Gasteiger charge is -2.07. The molecule has 146 valence electrons. The van der Waals surface area contributed by atoms with Crippen molar-refractivity contribution in [1.29, 1.82) is 0 Å². The van der Waals surface area contributed by atoms with Crippen LogP contribution in [0.2, 0.25) is 0 Å². The van der Waals surface area contributed by atoms with Crippen molar-refractivity contribution in [3.63, 3.8) is 0 Å². The Morgan fingerprint density at radius 1 is 0.600 bits per heavy atom. The molecule has 6 heteroatoms. The molecule has 0 spiro atoms. The van der Waals surface area contributed by atoms with E-state index >= 15 is 0 Å². The summed E-state index contributed by atoms with van der Waals surface area (Å²) >= 11 is 0.